The predicted molar refractivity (Wildman–Crippen MR) is 91.9 cm³/mol. The zero-order chi connectivity index (χ0) is 17.1. The summed E-state index contributed by atoms with van der Waals surface area (Å²) in [5.41, 5.74) is 2.19. The number of hydrogen-bond donors (Lipinski definition) is 2. The van der Waals surface area contributed by atoms with Gasteiger partial charge in [-0.05, 0) is 29.7 Å². The highest BCUT2D eigenvalue weighted by molar-refractivity contribution is 5.79. The fraction of sp³-hybridized carbons (Fsp3) is 0.263. The van der Waals surface area contributed by atoms with Crippen LogP contribution in [0.25, 0.3) is 11.0 Å². The first-order chi connectivity index (χ1) is 11.5. The van der Waals surface area contributed by atoms with Gasteiger partial charge in [-0.25, -0.2) is 9.37 Å². The van der Waals surface area contributed by atoms with Gasteiger partial charge in [-0.2, -0.15) is 0 Å². The molecule has 1 aromatic heterocycles. The van der Waals surface area contributed by atoms with Gasteiger partial charge in [0.25, 0.3) is 0 Å². The molecule has 0 saturated carbocycles. The lowest BCUT2D eigenvalue weighted by atomic mass is 10.0. The number of imidazole rings is 1. The first-order valence-electron chi connectivity index (χ1n) is 8.02. The zero-order valence-electron chi connectivity index (χ0n) is 13.7. The highest BCUT2D eigenvalue weighted by atomic mass is 19.1. The van der Waals surface area contributed by atoms with Crippen molar-refractivity contribution in [3.05, 3.63) is 65.7 Å². The Morgan fingerprint density at radius 2 is 1.88 bits per heavy atom. The Balaban J connectivity index is 1.79. The zero-order valence-corrected chi connectivity index (χ0v) is 13.7. The summed E-state index contributed by atoms with van der Waals surface area (Å²) < 4.78 is 13.7. The number of carbonyl (C=O) groups excluding carboxylic acids is 1. The molecule has 1 amide bonds. The predicted octanol–water partition coefficient (Wildman–Crippen LogP) is 3.76. The van der Waals surface area contributed by atoms with E-state index in [0.29, 0.717) is 11.4 Å². The second-order valence-electron chi connectivity index (χ2n) is 6.20. The lowest BCUT2D eigenvalue weighted by Gasteiger charge is -2.20. The van der Waals surface area contributed by atoms with Crippen LogP contribution in [0.3, 0.4) is 0 Å². The summed E-state index contributed by atoms with van der Waals surface area (Å²) in [7, 11) is 0. The molecular formula is C19H20FN3O. The number of halogens is 1. The molecule has 3 aromatic rings. The van der Waals surface area contributed by atoms with E-state index in [1.807, 2.05) is 38.1 Å². The lowest BCUT2D eigenvalue weighted by Crippen LogP contribution is -2.33. The van der Waals surface area contributed by atoms with E-state index >= 15 is 0 Å². The third-order valence-electron chi connectivity index (χ3n) is 3.99. The normalized spacial score (nSPS) is 12.5. The van der Waals surface area contributed by atoms with Gasteiger partial charge in [0.05, 0.1) is 23.5 Å². The smallest absolute Gasteiger partial charge is 0.225 e. The minimum absolute atomic E-state index is 0.0100. The van der Waals surface area contributed by atoms with Crippen LogP contribution in [-0.4, -0.2) is 15.9 Å². The molecule has 5 heteroatoms. The van der Waals surface area contributed by atoms with Crippen LogP contribution in [-0.2, 0) is 11.2 Å². The van der Waals surface area contributed by atoms with E-state index in [-0.39, 0.29) is 30.1 Å². The Hall–Kier alpha value is -2.69. The number of amides is 1. The molecular weight excluding hydrogens is 305 g/mol. The minimum atomic E-state index is -0.363. The molecule has 2 N–H and O–H groups in total. The highest BCUT2D eigenvalue weighted by Crippen LogP contribution is 2.22. The average molecular weight is 325 g/mol. The summed E-state index contributed by atoms with van der Waals surface area (Å²) in [6.45, 7) is 4.03. The Bertz CT molecular complexity index is 823. The lowest BCUT2D eigenvalue weighted by molar-refractivity contribution is -0.121. The molecule has 24 heavy (non-hydrogen) atoms. The van der Waals surface area contributed by atoms with Crippen molar-refractivity contribution in [1.82, 2.24) is 15.3 Å². The summed E-state index contributed by atoms with van der Waals surface area (Å²) in [5.74, 6) is 0.278. The van der Waals surface area contributed by atoms with E-state index in [4.69, 9.17) is 0 Å². The third-order valence-corrected chi connectivity index (χ3v) is 3.99. The van der Waals surface area contributed by atoms with Gasteiger partial charge >= 0.3 is 0 Å². The maximum Gasteiger partial charge on any atom is 0.225 e. The van der Waals surface area contributed by atoms with Gasteiger partial charge in [0.15, 0.2) is 0 Å². The standard InChI is InChI=1S/C19H20FN3O/c1-12(2)18(19-21-15-9-5-6-10-16(15)22-19)23-17(24)11-13-7-3-4-8-14(13)20/h3-10,12,18H,11H2,1-2H3,(H,21,22)(H,23,24). The fourth-order valence-corrected chi connectivity index (χ4v) is 2.71. The minimum Gasteiger partial charge on any atom is -0.346 e. The maximum atomic E-state index is 13.7. The molecule has 0 aliphatic carbocycles. The number of carbonyl (C=O) groups is 1. The number of aromatic amines is 1. The molecule has 4 nitrogen and oxygen atoms in total. The average Bonchev–Trinajstić information content (AvgIpc) is 2.98. The Morgan fingerprint density at radius 3 is 2.58 bits per heavy atom. The highest BCUT2D eigenvalue weighted by Gasteiger charge is 2.22. The van der Waals surface area contributed by atoms with Gasteiger partial charge in [-0.3, -0.25) is 4.79 Å². The van der Waals surface area contributed by atoms with E-state index in [0.717, 1.165) is 11.0 Å². The van der Waals surface area contributed by atoms with Crippen LogP contribution in [0.4, 0.5) is 4.39 Å². The summed E-state index contributed by atoms with van der Waals surface area (Å²) in [6.07, 6.45) is 0.0100. The molecule has 3 rings (SSSR count). The van der Waals surface area contributed by atoms with Crippen molar-refractivity contribution >= 4 is 16.9 Å². The van der Waals surface area contributed by atoms with Crippen molar-refractivity contribution in [3.63, 3.8) is 0 Å². The van der Waals surface area contributed by atoms with Gasteiger partial charge in [-0.15, -0.1) is 0 Å². The number of nitrogens with one attached hydrogen (secondary N) is 2. The van der Waals surface area contributed by atoms with Crippen LogP contribution in [0.5, 0.6) is 0 Å². The number of hydrogen-bond acceptors (Lipinski definition) is 2. The third kappa shape index (κ3) is 3.45. The number of para-hydroxylation sites is 2. The first kappa shape index (κ1) is 16.2. The van der Waals surface area contributed by atoms with Crippen molar-refractivity contribution in [3.8, 4) is 0 Å². The van der Waals surface area contributed by atoms with E-state index < -0.39 is 0 Å². The number of benzene rings is 2. The molecule has 2 aromatic carbocycles. The molecule has 0 saturated heterocycles. The van der Waals surface area contributed by atoms with Crippen LogP contribution in [0.1, 0.15) is 31.3 Å². The number of fused-ring (bicyclic) bond motifs is 1. The Kier molecular flexibility index (Phi) is 4.60. The fourth-order valence-electron chi connectivity index (χ4n) is 2.71. The van der Waals surface area contributed by atoms with E-state index in [1.165, 1.54) is 6.07 Å². The topological polar surface area (TPSA) is 57.8 Å². The molecule has 0 radical (unpaired) electrons. The Morgan fingerprint density at radius 1 is 1.17 bits per heavy atom. The van der Waals surface area contributed by atoms with Crippen LogP contribution in [0.15, 0.2) is 48.5 Å². The number of aromatic nitrogens is 2. The van der Waals surface area contributed by atoms with E-state index in [1.54, 1.807) is 18.2 Å². The maximum absolute atomic E-state index is 13.7. The van der Waals surface area contributed by atoms with E-state index in [9.17, 15) is 9.18 Å². The molecule has 0 fully saturated rings. The molecule has 0 bridgehead atoms. The molecule has 0 aliphatic rings. The summed E-state index contributed by atoms with van der Waals surface area (Å²) >= 11 is 0. The van der Waals surface area contributed by atoms with Crippen LogP contribution < -0.4 is 5.32 Å². The van der Waals surface area contributed by atoms with Crippen molar-refractivity contribution in [1.29, 1.82) is 0 Å². The second kappa shape index (κ2) is 6.83. The molecule has 1 atom stereocenters. The number of nitrogens with zero attached hydrogens (tertiary/aromatic N) is 1. The summed E-state index contributed by atoms with van der Waals surface area (Å²) in [4.78, 5) is 20.2. The largest absolute Gasteiger partial charge is 0.346 e. The van der Waals surface area contributed by atoms with Gasteiger partial charge in [0, 0.05) is 0 Å². The first-order valence-corrected chi connectivity index (χ1v) is 8.02. The van der Waals surface area contributed by atoms with Gasteiger partial charge in [-0.1, -0.05) is 44.2 Å². The van der Waals surface area contributed by atoms with Crippen molar-refractivity contribution < 1.29 is 9.18 Å². The molecule has 1 heterocycles. The van der Waals surface area contributed by atoms with Crippen LogP contribution in [0, 0.1) is 11.7 Å². The summed E-state index contributed by atoms with van der Waals surface area (Å²) in [6, 6.07) is 13.8. The number of H-pyrrole nitrogens is 1. The van der Waals surface area contributed by atoms with Crippen LogP contribution >= 0.6 is 0 Å². The van der Waals surface area contributed by atoms with Gasteiger partial charge in [0.2, 0.25) is 5.91 Å². The molecule has 0 aliphatic heterocycles. The van der Waals surface area contributed by atoms with Crippen molar-refractivity contribution in [2.45, 2.75) is 26.3 Å². The molecule has 0 spiro atoms. The number of rotatable bonds is 5. The SMILES string of the molecule is CC(C)C(NC(=O)Cc1ccccc1F)c1nc2ccccc2[nH]1. The Labute approximate surface area is 140 Å². The second-order valence-corrected chi connectivity index (χ2v) is 6.20. The molecule has 1 unspecified atom stereocenters. The van der Waals surface area contributed by atoms with Crippen molar-refractivity contribution in [2.75, 3.05) is 0 Å². The van der Waals surface area contributed by atoms with Gasteiger partial charge in [0.1, 0.15) is 11.6 Å². The summed E-state index contributed by atoms with van der Waals surface area (Å²) in [5, 5.41) is 2.97. The quantitative estimate of drug-likeness (QED) is 0.750. The van der Waals surface area contributed by atoms with Crippen molar-refractivity contribution in [2.24, 2.45) is 5.92 Å². The van der Waals surface area contributed by atoms with E-state index in [2.05, 4.69) is 15.3 Å². The monoisotopic (exact) mass is 325 g/mol. The van der Waals surface area contributed by atoms with Crippen LogP contribution in [0.2, 0.25) is 0 Å². The molecule has 124 valence electrons. The van der Waals surface area contributed by atoms with Gasteiger partial charge < -0.3 is 10.3 Å².